The molecule has 0 radical (unpaired) electrons. The summed E-state index contributed by atoms with van der Waals surface area (Å²) in [6.07, 6.45) is 7.65. The van der Waals surface area contributed by atoms with E-state index in [0.29, 0.717) is 6.04 Å². The zero-order chi connectivity index (χ0) is 18.4. The van der Waals surface area contributed by atoms with E-state index < -0.39 is 0 Å². The molecule has 1 heterocycles. The van der Waals surface area contributed by atoms with Gasteiger partial charge in [-0.2, -0.15) is 0 Å². The highest BCUT2D eigenvalue weighted by Crippen LogP contribution is 2.30. The van der Waals surface area contributed by atoms with Crippen LogP contribution in [0.15, 0.2) is 18.2 Å². The first kappa shape index (κ1) is 19.5. The molecule has 0 aromatic heterocycles. The molecule has 1 aromatic rings. The van der Waals surface area contributed by atoms with Gasteiger partial charge in [0.15, 0.2) is 11.5 Å². The van der Waals surface area contributed by atoms with Crippen LogP contribution < -0.4 is 9.47 Å². The van der Waals surface area contributed by atoms with Gasteiger partial charge in [-0.05, 0) is 37.0 Å². The van der Waals surface area contributed by atoms with Crippen LogP contribution in [0.5, 0.6) is 11.5 Å². The number of methoxy groups -OCH3 is 2. The first-order valence-corrected chi connectivity index (χ1v) is 10.0. The molecule has 1 aromatic carbocycles. The van der Waals surface area contributed by atoms with Crippen molar-refractivity contribution >= 4 is 0 Å². The van der Waals surface area contributed by atoms with E-state index in [4.69, 9.17) is 9.47 Å². The van der Waals surface area contributed by atoms with Crippen molar-refractivity contribution in [1.29, 1.82) is 0 Å². The molecule has 5 nitrogen and oxygen atoms in total. The Morgan fingerprint density at radius 1 is 1.04 bits per heavy atom. The van der Waals surface area contributed by atoms with Gasteiger partial charge in [0, 0.05) is 44.9 Å². The molecule has 1 aliphatic heterocycles. The first-order chi connectivity index (χ1) is 12.7. The fraction of sp³-hybridized carbons (Fsp3) is 0.714. The van der Waals surface area contributed by atoms with Gasteiger partial charge in [-0.25, -0.2) is 0 Å². The van der Waals surface area contributed by atoms with Crippen LogP contribution in [0.3, 0.4) is 0 Å². The monoisotopic (exact) mass is 362 g/mol. The van der Waals surface area contributed by atoms with E-state index in [0.717, 1.165) is 50.1 Å². The highest BCUT2D eigenvalue weighted by Gasteiger charge is 2.32. The van der Waals surface area contributed by atoms with Gasteiger partial charge in [0.05, 0.1) is 14.2 Å². The second-order valence-electron chi connectivity index (χ2n) is 7.62. The molecule has 0 unspecified atom stereocenters. The quantitative estimate of drug-likeness (QED) is 0.808. The van der Waals surface area contributed by atoms with Gasteiger partial charge < -0.3 is 14.6 Å². The van der Waals surface area contributed by atoms with Crippen molar-refractivity contribution in [3.05, 3.63) is 23.8 Å². The molecule has 0 amide bonds. The van der Waals surface area contributed by atoms with E-state index in [1.165, 1.54) is 37.7 Å². The Kier molecular flexibility index (Phi) is 7.17. The third-order valence-corrected chi connectivity index (χ3v) is 5.97. The number of hydrogen-bond donors (Lipinski definition) is 1. The summed E-state index contributed by atoms with van der Waals surface area (Å²) in [6.45, 7) is 4.43. The summed E-state index contributed by atoms with van der Waals surface area (Å²) < 4.78 is 10.8. The minimum Gasteiger partial charge on any atom is -0.493 e. The number of rotatable bonds is 7. The Balaban J connectivity index is 1.63. The molecule has 0 bridgehead atoms. The highest BCUT2D eigenvalue weighted by atomic mass is 16.5. The Bertz CT molecular complexity index is 560. The van der Waals surface area contributed by atoms with Gasteiger partial charge in [-0.15, -0.1) is 0 Å². The number of piperazine rings is 1. The number of ether oxygens (including phenoxy) is 2. The Morgan fingerprint density at radius 2 is 1.81 bits per heavy atom. The summed E-state index contributed by atoms with van der Waals surface area (Å²) in [4.78, 5) is 5.21. The van der Waals surface area contributed by atoms with Crippen molar-refractivity contribution in [2.45, 2.75) is 57.2 Å². The summed E-state index contributed by atoms with van der Waals surface area (Å²) in [5, 5.41) is 9.56. The van der Waals surface area contributed by atoms with E-state index in [-0.39, 0.29) is 6.61 Å². The summed E-state index contributed by atoms with van der Waals surface area (Å²) in [5.41, 5.74) is 1.25. The van der Waals surface area contributed by atoms with E-state index in [9.17, 15) is 5.11 Å². The number of aliphatic hydroxyl groups excluding tert-OH is 1. The van der Waals surface area contributed by atoms with Crippen LogP contribution in [0.4, 0.5) is 0 Å². The lowest BCUT2D eigenvalue weighted by atomic mass is 9.91. The predicted molar refractivity (Wildman–Crippen MR) is 104 cm³/mol. The van der Waals surface area contributed by atoms with E-state index in [1.54, 1.807) is 14.2 Å². The SMILES string of the molecule is COc1ccc(CN2CCN(C3CCCCC3)[C@@H](CCO)C2)cc1OC. The maximum absolute atomic E-state index is 9.56. The number of aliphatic hydroxyl groups is 1. The van der Waals surface area contributed by atoms with E-state index >= 15 is 0 Å². The first-order valence-electron chi connectivity index (χ1n) is 10.0. The maximum atomic E-state index is 9.56. The summed E-state index contributed by atoms with van der Waals surface area (Å²) >= 11 is 0. The van der Waals surface area contributed by atoms with Crippen molar-refractivity contribution < 1.29 is 14.6 Å². The molecule has 1 saturated heterocycles. The number of nitrogens with zero attached hydrogens (tertiary/aromatic N) is 2. The van der Waals surface area contributed by atoms with Crippen LogP contribution in [0.1, 0.15) is 44.1 Å². The van der Waals surface area contributed by atoms with Gasteiger partial charge in [-0.1, -0.05) is 25.3 Å². The zero-order valence-electron chi connectivity index (χ0n) is 16.3. The second kappa shape index (κ2) is 9.58. The molecule has 2 fully saturated rings. The number of benzene rings is 1. The molecule has 1 aliphatic carbocycles. The lowest BCUT2D eigenvalue weighted by molar-refractivity contribution is 0.0136. The van der Waals surface area contributed by atoms with Crippen LogP contribution in [0.2, 0.25) is 0 Å². The molecule has 146 valence electrons. The van der Waals surface area contributed by atoms with E-state index in [2.05, 4.69) is 21.9 Å². The van der Waals surface area contributed by atoms with Crippen LogP contribution in [0.25, 0.3) is 0 Å². The summed E-state index contributed by atoms with van der Waals surface area (Å²) in [5.74, 6) is 1.56. The van der Waals surface area contributed by atoms with Crippen molar-refractivity contribution in [2.75, 3.05) is 40.5 Å². The molecule has 5 heteroatoms. The topological polar surface area (TPSA) is 45.2 Å². The van der Waals surface area contributed by atoms with Crippen LogP contribution in [-0.4, -0.2) is 67.5 Å². The van der Waals surface area contributed by atoms with Gasteiger partial charge in [0.1, 0.15) is 0 Å². The molecular weight excluding hydrogens is 328 g/mol. The van der Waals surface area contributed by atoms with Crippen molar-refractivity contribution in [2.24, 2.45) is 0 Å². The van der Waals surface area contributed by atoms with Gasteiger partial charge in [0.2, 0.25) is 0 Å². The number of hydrogen-bond acceptors (Lipinski definition) is 5. The fourth-order valence-electron chi connectivity index (χ4n) is 4.61. The van der Waals surface area contributed by atoms with Gasteiger partial charge in [0.25, 0.3) is 0 Å². The average Bonchev–Trinajstić information content (AvgIpc) is 2.69. The van der Waals surface area contributed by atoms with Crippen LogP contribution in [0, 0.1) is 0 Å². The minimum absolute atomic E-state index is 0.276. The fourth-order valence-corrected chi connectivity index (χ4v) is 4.61. The van der Waals surface area contributed by atoms with Crippen LogP contribution >= 0.6 is 0 Å². The molecule has 2 aliphatic rings. The third-order valence-electron chi connectivity index (χ3n) is 5.97. The third kappa shape index (κ3) is 4.70. The molecule has 1 N–H and O–H groups in total. The van der Waals surface area contributed by atoms with Gasteiger partial charge in [-0.3, -0.25) is 9.80 Å². The van der Waals surface area contributed by atoms with Crippen molar-refractivity contribution in [3.8, 4) is 11.5 Å². The standard InChI is InChI=1S/C21H34N2O3/c1-25-20-9-8-17(14-21(20)26-2)15-22-11-12-23(19(16-22)10-13-24)18-6-4-3-5-7-18/h8-9,14,18-19,24H,3-7,10-13,15-16H2,1-2H3/t19-/m0/s1. The lowest BCUT2D eigenvalue weighted by Gasteiger charge is -2.46. The minimum atomic E-state index is 0.276. The molecule has 1 saturated carbocycles. The Labute approximate surface area is 157 Å². The van der Waals surface area contributed by atoms with E-state index in [1.807, 2.05) is 6.07 Å². The molecule has 3 rings (SSSR count). The smallest absolute Gasteiger partial charge is 0.161 e. The Hall–Kier alpha value is -1.30. The lowest BCUT2D eigenvalue weighted by Crippen LogP contribution is -2.56. The van der Waals surface area contributed by atoms with Crippen molar-refractivity contribution in [3.63, 3.8) is 0 Å². The largest absolute Gasteiger partial charge is 0.493 e. The van der Waals surface area contributed by atoms with Gasteiger partial charge >= 0.3 is 0 Å². The summed E-state index contributed by atoms with van der Waals surface area (Å²) in [7, 11) is 3.35. The van der Waals surface area contributed by atoms with Crippen molar-refractivity contribution in [1.82, 2.24) is 9.80 Å². The normalized spacial score (nSPS) is 23.1. The highest BCUT2D eigenvalue weighted by molar-refractivity contribution is 5.42. The molecule has 26 heavy (non-hydrogen) atoms. The summed E-state index contributed by atoms with van der Waals surface area (Å²) in [6, 6.07) is 7.38. The van der Waals surface area contributed by atoms with Crippen LogP contribution in [-0.2, 0) is 6.54 Å². The zero-order valence-corrected chi connectivity index (χ0v) is 16.3. The molecule has 0 spiro atoms. The second-order valence-corrected chi connectivity index (χ2v) is 7.62. The molecule has 1 atom stereocenters. The Morgan fingerprint density at radius 3 is 2.50 bits per heavy atom. The average molecular weight is 363 g/mol. The maximum Gasteiger partial charge on any atom is 0.161 e. The molecular formula is C21H34N2O3. The predicted octanol–water partition coefficient (Wildman–Crippen LogP) is 2.91.